The maximum atomic E-state index is 12.3. The maximum absolute atomic E-state index is 12.3. The number of hydrogen-bond acceptors (Lipinski definition) is 5. The van der Waals surface area contributed by atoms with Gasteiger partial charge >= 0.3 is 0 Å². The standard InChI is InChI=1S/C13H17BrN2O3S2/c1-8(5-11-4-3-9(2)20-11)16-21(17,18)12-6-10(7-15)19-13(12)14/h3-4,6,8,16H,5,7,15H2,1-2H3. The Labute approximate surface area is 136 Å². The summed E-state index contributed by atoms with van der Waals surface area (Å²) in [6.45, 7) is 4.02. The molecule has 3 N–H and O–H groups in total. The molecule has 21 heavy (non-hydrogen) atoms. The number of nitrogens with one attached hydrogen (secondary N) is 1. The van der Waals surface area contributed by atoms with Gasteiger partial charge in [0, 0.05) is 21.9 Å². The van der Waals surface area contributed by atoms with Gasteiger partial charge in [-0.2, -0.15) is 0 Å². The Kier molecular flexibility index (Phi) is 5.26. The summed E-state index contributed by atoms with van der Waals surface area (Å²) < 4.78 is 32.8. The molecule has 0 aliphatic heterocycles. The number of sulfonamides is 1. The van der Waals surface area contributed by atoms with Gasteiger partial charge in [-0.3, -0.25) is 0 Å². The molecule has 0 aliphatic carbocycles. The van der Waals surface area contributed by atoms with E-state index in [4.69, 9.17) is 10.2 Å². The molecule has 0 fully saturated rings. The number of thiophene rings is 1. The van der Waals surface area contributed by atoms with Crippen LogP contribution in [0.3, 0.4) is 0 Å². The fourth-order valence-electron chi connectivity index (χ4n) is 1.95. The predicted molar refractivity (Wildman–Crippen MR) is 86.8 cm³/mol. The van der Waals surface area contributed by atoms with Crippen LogP contribution in [0.5, 0.6) is 0 Å². The normalized spacial score (nSPS) is 13.5. The molecule has 8 heteroatoms. The van der Waals surface area contributed by atoms with Crippen molar-refractivity contribution < 1.29 is 12.8 Å². The maximum Gasteiger partial charge on any atom is 0.245 e. The molecule has 1 unspecified atom stereocenters. The minimum atomic E-state index is -3.63. The summed E-state index contributed by atoms with van der Waals surface area (Å²) in [4.78, 5) is 2.44. The molecule has 0 aliphatic rings. The van der Waals surface area contributed by atoms with Gasteiger partial charge in [0.15, 0.2) is 4.67 Å². The van der Waals surface area contributed by atoms with Crippen LogP contribution in [-0.2, 0) is 23.0 Å². The first kappa shape index (κ1) is 16.7. The van der Waals surface area contributed by atoms with Crippen molar-refractivity contribution in [2.75, 3.05) is 0 Å². The van der Waals surface area contributed by atoms with Crippen LogP contribution in [0.1, 0.15) is 22.4 Å². The summed E-state index contributed by atoms with van der Waals surface area (Å²) in [5.74, 6) is 0.420. The van der Waals surface area contributed by atoms with Crippen LogP contribution < -0.4 is 10.5 Å². The highest BCUT2D eigenvalue weighted by atomic mass is 79.9. The Balaban J connectivity index is 2.11. The van der Waals surface area contributed by atoms with Gasteiger partial charge in [0.05, 0.1) is 6.54 Å². The molecule has 0 spiro atoms. The van der Waals surface area contributed by atoms with E-state index in [1.54, 1.807) is 11.3 Å². The zero-order valence-electron chi connectivity index (χ0n) is 11.7. The molecule has 0 amide bonds. The van der Waals surface area contributed by atoms with Crippen molar-refractivity contribution in [3.05, 3.63) is 38.4 Å². The molecule has 5 nitrogen and oxygen atoms in total. The summed E-state index contributed by atoms with van der Waals surface area (Å²) in [6.07, 6.45) is 0.650. The Hall–Kier alpha value is -0.670. The van der Waals surface area contributed by atoms with Gasteiger partial charge in [0.1, 0.15) is 10.7 Å². The highest BCUT2D eigenvalue weighted by Gasteiger charge is 2.24. The van der Waals surface area contributed by atoms with Crippen molar-refractivity contribution in [3.8, 4) is 0 Å². The van der Waals surface area contributed by atoms with Crippen LogP contribution in [0, 0.1) is 6.92 Å². The first-order valence-corrected chi connectivity index (χ1v) is 9.47. The lowest BCUT2D eigenvalue weighted by Crippen LogP contribution is -2.33. The Morgan fingerprint density at radius 2 is 2.19 bits per heavy atom. The average molecular weight is 393 g/mol. The first-order valence-electron chi connectivity index (χ1n) is 6.37. The van der Waals surface area contributed by atoms with Gasteiger partial charge in [0.2, 0.25) is 10.0 Å². The number of rotatable bonds is 6. The number of hydrogen-bond donors (Lipinski definition) is 2. The molecule has 2 aromatic heterocycles. The predicted octanol–water partition coefficient (Wildman–Crippen LogP) is 2.78. The molecule has 0 bridgehead atoms. The number of aryl methyl sites for hydroxylation is 1. The van der Waals surface area contributed by atoms with E-state index in [1.807, 2.05) is 26.0 Å². The van der Waals surface area contributed by atoms with E-state index >= 15 is 0 Å². The van der Waals surface area contributed by atoms with E-state index in [0.717, 1.165) is 4.88 Å². The van der Waals surface area contributed by atoms with E-state index in [2.05, 4.69) is 20.7 Å². The summed E-state index contributed by atoms with van der Waals surface area (Å²) in [6, 6.07) is 5.28. The quantitative estimate of drug-likeness (QED) is 0.791. The molecule has 1 atom stereocenters. The zero-order chi connectivity index (χ0) is 15.6. The van der Waals surface area contributed by atoms with Gasteiger partial charge in [-0.05, 0) is 48.3 Å². The minimum Gasteiger partial charge on any atom is -0.452 e. The van der Waals surface area contributed by atoms with Crippen LogP contribution >= 0.6 is 27.3 Å². The van der Waals surface area contributed by atoms with E-state index < -0.39 is 10.0 Å². The first-order chi connectivity index (χ1) is 9.81. The second-order valence-electron chi connectivity index (χ2n) is 4.79. The van der Waals surface area contributed by atoms with Gasteiger partial charge in [-0.25, -0.2) is 13.1 Å². The van der Waals surface area contributed by atoms with E-state index in [-0.39, 0.29) is 22.2 Å². The summed E-state index contributed by atoms with van der Waals surface area (Å²) in [5.41, 5.74) is 5.45. The molecule has 2 heterocycles. The smallest absolute Gasteiger partial charge is 0.245 e. The molecule has 2 aromatic rings. The Morgan fingerprint density at radius 3 is 2.71 bits per heavy atom. The third-order valence-corrected chi connectivity index (χ3v) is 6.33. The Morgan fingerprint density at radius 1 is 1.48 bits per heavy atom. The molecule has 0 aromatic carbocycles. The lowest BCUT2D eigenvalue weighted by Gasteiger charge is -2.12. The summed E-state index contributed by atoms with van der Waals surface area (Å²) in [5, 5.41) is 0. The topological polar surface area (TPSA) is 85.3 Å². The van der Waals surface area contributed by atoms with Crippen molar-refractivity contribution in [1.82, 2.24) is 4.72 Å². The summed E-state index contributed by atoms with van der Waals surface area (Å²) >= 11 is 4.78. The van der Waals surface area contributed by atoms with Crippen molar-refractivity contribution >= 4 is 37.3 Å². The number of nitrogens with two attached hydrogens (primary N) is 1. The van der Waals surface area contributed by atoms with Gasteiger partial charge in [-0.15, -0.1) is 11.3 Å². The molecule has 0 saturated heterocycles. The minimum absolute atomic E-state index is 0.0807. The summed E-state index contributed by atoms with van der Waals surface area (Å²) in [7, 11) is -3.63. The third kappa shape index (κ3) is 4.17. The van der Waals surface area contributed by atoms with Crippen LogP contribution in [0.15, 0.2) is 32.2 Å². The van der Waals surface area contributed by atoms with Crippen molar-refractivity contribution in [2.45, 2.75) is 37.8 Å². The monoisotopic (exact) mass is 392 g/mol. The number of halogens is 1. The van der Waals surface area contributed by atoms with Crippen LogP contribution in [0.4, 0.5) is 0 Å². The van der Waals surface area contributed by atoms with E-state index in [0.29, 0.717) is 12.2 Å². The highest BCUT2D eigenvalue weighted by molar-refractivity contribution is 9.10. The van der Waals surface area contributed by atoms with Crippen LogP contribution in [0.2, 0.25) is 0 Å². The largest absolute Gasteiger partial charge is 0.452 e. The van der Waals surface area contributed by atoms with Crippen molar-refractivity contribution in [1.29, 1.82) is 0 Å². The molecule has 116 valence electrons. The van der Waals surface area contributed by atoms with Crippen molar-refractivity contribution in [2.24, 2.45) is 5.73 Å². The lowest BCUT2D eigenvalue weighted by atomic mass is 10.2. The zero-order valence-corrected chi connectivity index (χ0v) is 14.9. The van der Waals surface area contributed by atoms with Gasteiger partial charge < -0.3 is 10.2 Å². The Bertz CT molecular complexity index is 722. The highest BCUT2D eigenvalue weighted by Crippen LogP contribution is 2.26. The van der Waals surface area contributed by atoms with Gasteiger partial charge in [0.25, 0.3) is 0 Å². The van der Waals surface area contributed by atoms with Crippen LogP contribution in [0.25, 0.3) is 0 Å². The van der Waals surface area contributed by atoms with E-state index in [9.17, 15) is 8.42 Å². The molecular formula is C13H17BrN2O3S2. The average Bonchev–Trinajstić information content (AvgIpc) is 2.95. The molecule has 2 rings (SSSR count). The molecular weight excluding hydrogens is 376 g/mol. The van der Waals surface area contributed by atoms with Crippen LogP contribution in [-0.4, -0.2) is 14.5 Å². The van der Waals surface area contributed by atoms with Crippen molar-refractivity contribution in [3.63, 3.8) is 0 Å². The van der Waals surface area contributed by atoms with Gasteiger partial charge in [-0.1, -0.05) is 0 Å². The van der Waals surface area contributed by atoms with E-state index in [1.165, 1.54) is 10.9 Å². The lowest BCUT2D eigenvalue weighted by molar-refractivity contribution is 0.483. The second kappa shape index (κ2) is 6.62. The fraction of sp³-hybridized carbons (Fsp3) is 0.385. The SMILES string of the molecule is Cc1ccc(CC(C)NS(=O)(=O)c2cc(CN)oc2Br)s1. The third-order valence-electron chi connectivity index (χ3n) is 2.86. The second-order valence-corrected chi connectivity index (χ2v) is 8.57. The molecule has 0 saturated carbocycles. The molecule has 0 radical (unpaired) electrons. The fourth-order valence-corrected chi connectivity index (χ4v) is 5.21. The number of furan rings is 1.